The van der Waals surface area contributed by atoms with Gasteiger partial charge in [0.1, 0.15) is 0 Å². The molecule has 0 saturated carbocycles. The maximum absolute atomic E-state index is 5.87. The molecule has 4 unspecified atom stereocenters. The Hall–Kier alpha value is -0.0800. The molecule has 3 saturated heterocycles. The van der Waals surface area contributed by atoms with Gasteiger partial charge in [-0.3, -0.25) is 0 Å². The SMILES string of the molecule is C1CC(CC2CC3CCC2O3)CN1. The molecule has 3 aliphatic heterocycles. The molecule has 2 nitrogen and oxygen atoms in total. The Morgan fingerprint density at radius 2 is 2.23 bits per heavy atom. The molecule has 0 aliphatic carbocycles. The summed E-state index contributed by atoms with van der Waals surface area (Å²) < 4.78 is 5.87. The van der Waals surface area contributed by atoms with E-state index in [1.165, 1.54) is 45.2 Å². The molecular weight excluding hydrogens is 162 g/mol. The van der Waals surface area contributed by atoms with Gasteiger partial charge in [-0.1, -0.05) is 0 Å². The zero-order valence-corrected chi connectivity index (χ0v) is 8.17. The van der Waals surface area contributed by atoms with Crippen molar-refractivity contribution in [1.82, 2.24) is 5.32 Å². The minimum absolute atomic E-state index is 0.643. The zero-order chi connectivity index (χ0) is 8.67. The Balaban J connectivity index is 1.55. The van der Waals surface area contributed by atoms with Crippen LogP contribution in [0, 0.1) is 11.8 Å². The van der Waals surface area contributed by atoms with Crippen LogP contribution in [0.1, 0.15) is 32.1 Å². The third kappa shape index (κ3) is 1.50. The summed E-state index contributed by atoms with van der Waals surface area (Å²) in [6, 6.07) is 0. The molecule has 0 spiro atoms. The van der Waals surface area contributed by atoms with Gasteiger partial charge in [-0.2, -0.15) is 0 Å². The third-order valence-electron chi connectivity index (χ3n) is 4.03. The van der Waals surface area contributed by atoms with Crippen molar-refractivity contribution in [3.8, 4) is 0 Å². The molecule has 74 valence electrons. The summed E-state index contributed by atoms with van der Waals surface area (Å²) in [6.45, 7) is 2.50. The summed E-state index contributed by atoms with van der Waals surface area (Å²) >= 11 is 0. The van der Waals surface area contributed by atoms with Crippen LogP contribution in [-0.2, 0) is 4.74 Å². The molecule has 0 radical (unpaired) electrons. The van der Waals surface area contributed by atoms with Gasteiger partial charge >= 0.3 is 0 Å². The van der Waals surface area contributed by atoms with E-state index in [4.69, 9.17) is 4.74 Å². The lowest BCUT2D eigenvalue weighted by Gasteiger charge is -2.21. The summed E-state index contributed by atoms with van der Waals surface area (Å²) in [5.74, 6) is 1.86. The van der Waals surface area contributed by atoms with Crippen LogP contribution in [0.25, 0.3) is 0 Å². The van der Waals surface area contributed by atoms with E-state index in [0.29, 0.717) is 12.2 Å². The van der Waals surface area contributed by atoms with E-state index in [1.807, 2.05) is 0 Å². The molecule has 4 atom stereocenters. The van der Waals surface area contributed by atoms with Crippen molar-refractivity contribution in [3.05, 3.63) is 0 Å². The molecule has 3 aliphatic rings. The summed E-state index contributed by atoms with van der Waals surface area (Å²) in [6.07, 6.45) is 8.15. The highest BCUT2D eigenvalue weighted by atomic mass is 16.5. The van der Waals surface area contributed by atoms with Crippen molar-refractivity contribution < 1.29 is 4.74 Å². The zero-order valence-electron chi connectivity index (χ0n) is 8.17. The fourth-order valence-corrected chi connectivity index (χ4v) is 3.33. The first-order valence-electron chi connectivity index (χ1n) is 5.78. The minimum Gasteiger partial charge on any atom is -0.375 e. The van der Waals surface area contributed by atoms with Crippen LogP contribution in [0.5, 0.6) is 0 Å². The number of hydrogen-bond donors (Lipinski definition) is 1. The fraction of sp³-hybridized carbons (Fsp3) is 1.00. The molecule has 3 heterocycles. The molecule has 13 heavy (non-hydrogen) atoms. The van der Waals surface area contributed by atoms with Crippen molar-refractivity contribution in [3.63, 3.8) is 0 Å². The van der Waals surface area contributed by atoms with Crippen LogP contribution in [0.4, 0.5) is 0 Å². The van der Waals surface area contributed by atoms with Crippen LogP contribution in [0.15, 0.2) is 0 Å². The van der Waals surface area contributed by atoms with Crippen LogP contribution in [0.2, 0.25) is 0 Å². The Labute approximate surface area is 80.0 Å². The summed E-state index contributed by atoms with van der Waals surface area (Å²) in [4.78, 5) is 0. The molecule has 0 aromatic carbocycles. The second-order valence-electron chi connectivity index (χ2n) is 4.96. The number of ether oxygens (including phenoxy) is 1. The van der Waals surface area contributed by atoms with Crippen LogP contribution >= 0.6 is 0 Å². The highest BCUT2D eigenvalue weighted by molar-refractivity contribution is 4.91. The molecule has 0 aromatic heterocycles. The van der Waals surface area contributed by atoms with Crippen LogP contribution in [0.3, 0.4) is 0 Å². The van der Waals surface area contributed by atoms with Crippen molar-refractivity contribution in [2.24, 2.45) is 11.8 Å². The second kappa shape index (κ2) is 3.25. The molecule has 0 aromatic rings. The summed E-state index contributed by atoms with van der Waals surface area (Å²) in [7, 11) is 0. The van der Waals surface area contributed by atoms with E-state index in [-0.39, 0.29) is 0 Å². The number of rotatable bonds is 2. The first-order valence-corrected chi connectivity index (χ1v) is 5.78. The van der Waals surface area contributed by atoms with Gasteiger partial charge in [0.15, 0.2) is 0 Å². The summed E-state index contributed by atoms with van der Waals surface area (Å²) in [5.41, 5.74) is 0. The summed E-state index contributed by atoms with van der Waals surface area (Å²) in [5, 5.41) is 3.45. The van der Waals surface area contributed by atoms with E-state index in [1.54, 1.807) is 0 Å². The van der Waals surface area contributed by atoms with Gasteiger partial charge in [0.05, 0.1) is 12.2 Å². The lowest BCUT2D eigenvalue weighted by Crippen LogP contribution is -2.20. The molecule has 0 amide bonds. The van der Waals surface area contributed by atoms with Crippen molar-refractivity contribution in [1.29, 1.82) is 0 Å². The average molecular weight is 181 g/mol. The fourth-order valence-electron chi connectivity index (χ4n) is 3.33. The number of hydrogen-bond acceptors (Lipinski definition) is 2. The molecule has 3 fully saturated rings. The average Bonchev–Trinajstić information content (AvgIpc) is 2.77. The monoisotopic (exact) mass is 181 g/mol. The molecular formula is C11H19NO. The largest absolute Gasteiger partial charge is 0.375 e. The van der Waals surface area contributed by atoms with Gasteiger partial charge in [-0.15, -0.1) is 0 Å². The maximum Gasteiger partial charge on any atom is 0.0609 e. The quantitative estimate of drug-likeness (QED) is 0.698. The van der Waals surface area contributed by atoms with Gasteiger partial charge in [0, 0.05) is 0 Å². The third-order valence-corrected chi connectivity index (χ3v) is 4.03. The van der Waals surface area contributed by atoms with Gasteiger partial charge < -0.3 is 10.1 Å². The van der Waals surface area contributed by atoms with Crippen molar-refractivity contribution in [2.75, 3.05) is 13.1 Å². The predicted octanol–water partition coefficient (Wildman–Crippen LogP) is 1.55. The molecule has 2 heteroatoms. The first kappa shape index (κ1) is 8.25. The Morgan fingerprint density at radius 1 is 1.23 bits per heavy atom. The minimum atomic E-state index is 0.643. The lowest BCUT2D eigenvalue weighted by atomic mass is 9.82. The van der Waals surface area contributed by atoms with Crippen molar-refractivity contribution in [2.45, 2.75) is 44.3 Å². The van der Waals surface area contributed by atoms with Gasteiger partial charge in [0.25, 0.3) is 0 Å². The van der Waals surface area contributed by atoms with Gasteiger partial charge in [0.2, 0.25) is 0 Å². The highest BCUT2D eigenvalue weighted by Gasteiger charge is 2.41. The first-order chi connectivity index (χ1) is 6.42. The normalized spacial score (nSPS) is 48.9. The van der Waals surface area contributed by atoms with E-state index in [0.717, 1.165) is 11.8 Å². The Bertz CT molecular complexity index is 189. The van der Waals surface area contributed by atoms with Crippen LogP contribution < -0.4 is 5.32 Å². The maximum atomic E-state index is 5.87. The van der Waals surface area contributed by atoms with E-state index in [9.17, 15) is 0 Å². The Kier molecular flexibility index (Phi) is 2.06. The molecule has 1 N–H and O–H groups in total. The molecule has 3 rings (SSSR count). The standard InChI is InChI=1S/C11H19NO/c1-2-11-9(6-10(1)13-11)5-8-3-4-12-7-8/h8-12H,1-7H2. The number of nitrogens with one attached hydrogen (secondary N) is 1. The van der Waals surface area contributed by atoms with Gasteiger partial charge in [-0.05, 0) is 57.0 Å². The van der Waals surface area contributed by atoms with E-state index >= 15 is 0 Å². The van der Waals surface area contributed by atoms with E-state index < -0.39 is 0 Å². The van der Waals surface area contributed by atoms with E-state index in [2.05, 4.69) is 5.32 Å². The highest BCUT2D eigenvalue weighted by Crippen LogP contribution is 2.42. The Morgan fingerprint density at radius 3 is 2.85 bits per heavy atom. The predicted molar refractivity (Wildman–Crippen MR) is 51.6 cm³/mol. The van der Waals surface area contributed by atoms with Crippen molar-refractivity contribution >= 4 is 0 Å². The number of fused-ring (bicyclic) bond motifs is 2. The second-order valence-corrected chi connectivity index (χ2v) is 4.96. The topological polar surface area (TPSA) is 21.3 Å². The van der Waals surface area contributed by atoms with Crippen LogP contribution in [-0.4, -0.2) is 25.3 Å². The molecule has 2 bridgehead atoms. The van der Waals surface area contributed by atoms with Gasteiger partial charge in [-0.25, -0.2) is 0 Å². The smallest absolute Gasteiger partial charge is 0.0609 e. The lowest BCUT2D eigenvalue weighted by molar-refractivity contribution is 0.0888.